The molecule has 0 saturated carbocycles. The third kappa shape index (κ3) is 4.19. The Labute approximate surface area is 205 Å². The fraction of sp³-hybridized carbons (Fsp3) is 0.174. The molecule has 0 fully saturated rings. The molecule has 9 nitrogen and oxygen atoms in total. The smallest absolute Gasteiger partial charge is 0.338 e. The van der Waals surface area contributed by atoms with Crippen LogP contribution in [0.25, 0.3) is 6.08 Å². The lowest BCUT2D eigenvalue weighted by Crippen LogP contribution is -2.39. The number of rotatable bonds is 5. The molecule has 3 aromatic rings. The average molecular weight is 544 g/mol. The first-order valence-corrected chi connectivity index (χ1v) is 11.7. The van der Waals surface area contributed by atoms with Crippen molar-refractivity contribution in [1.29, 1.82) is 0 Å². The van der Waals surface area contributed by atoms with Gasteiger partial charge in [0.25, 0.3) is 5.56 Å². The van der Waals surface area contributed by atoms with Gasteiger partial charge in [0.15, 0.2) is 4.80 Å². The first-order chi connectivity index (χ1) is 16.2. The number of halogens is 1. The van der Waals surface area contributed by atoms with E-state index in [9.17, 15) is 24.8 Å². The highest BCUT2D eigenvalue weighted by molar-refractivity contribution is 9.10. The quantitative estimate of drug-likeness (QED) is 0.299. The number of phenols is 1. The lowest BCUT2D eigenvalue weighted by molar-refractivity contribution is -0.385. The summed E-state index contributed by atoms with van der Waals surface area (Å²) in [6, 6.07) is 11.0. The molecule has 2 heterocycles. The number of ether oxygens (including phenoxy) is 1. The summed E-state index contributed by atoms with van der Waals surface area (Å²) in [5.41, 5.74) is 0.552. The molecular formula is C23H18BrN3O6S. The number of nitro benzene ring substituents is 1. The van der Waals surface area contributed by atoms with E-state index in [-0.39, 0.29) is 22.3 Å². The Morgan fingerprint density at radius 1 is 1.35 bits per heavy atom. The number of aromatic hydroxyl groups is 1. The van der Waals surface area contributed by atoms with E-state index in [2.05, 4.69) is 20.9 Å². The molecule has 2 aromatic carbocycles. The minimum Gasteiger partial charge on any atom is -0.502 e. The van der Waals surface area contributed by atoms with Gasteiger partial charge in [-0.3, -0.25) is 19.5 Å². The molecule has 1 aromatic heterocycles. The lowest BCUT2D eigenvalue weighted by Gasteiger charge is -2.24. The van der Waals surface area contributed by atoms with Crippen molar-refractivity contribution in [2.45, 2.75) is 19.9 Å². The van der Waals surface area contributed by atoms with Crippen LogP contribution in [-0.4, -0.2) is 27.2 Å². The van der Waals surface area contributed by atoms with E-state index < -0.39 is 33.9 Å². The molecule has 0 spiro atoms. The number of phenolic OH excluding ortho intramolecular Hbond substituents is 1. The largest absolute Gasteiger partial charge is 0.502 e. The number of nitro groups is 1. The van der Waals surface area contributed by atoms with Crippen molar-refractivity contribution in [1.82, 2.24) is 4.57 Å². The normalized spacial score (nSPS) is 15.6. The number of nitrogens with zero attached hydrogens (tertiary/aromatic N) is 3. The summed E-state index contributed by atoms with van der Waals surface area (Å²) in [6.07, 6.45) is 1.38. The number of esters is 1. The Balaban J connectivity index is 1.98. The summed E-state index contributed by atoms with van der Waals surface area (Å²) in [6.45, 7) is 3.55. The number of hydrogen-bond acceptors (Lipinski definition) is 8. The van der Waals surface area contributed by atoms with E-state index in [0.29, 0.717) is 20.5 Å². The van der Waals surface area contributed by atoms with Gasteiger partial charge in [0, 0.05) is 16.1 Å². The van der Waals surface area contributed by atoms with Gasteiger partial charge < -0.3 is 9.84 Å². The molecule has 0 radical (unpaired) electrons. The number of carbonyl (C=O) groups excluding carboxylic acids is 1. The van der Waals surface area contributed by atoms with Gasteiger partial charge in [-0.15, -0.1) is 0 Å². The van der Waals surface area contributed by atoms with Crippen molar-refractivity contribution in [2.75, 3.05) is 6.61 Å². The zero-order chi connectivity index (χ0) is 24.6. The van der Waals surface area contributed by atoms with E-state index in [4.69, 9.17) is 4.74 Å². The Hall–Kier alpha value is -3.57. The highest BCUT2D eigenvalue weighted by Gasteiger charge is 2.33. The van der Waals surface area contributed by atoms with Gasteiger partial charge in [-0.2, -0.15) is 0 Å². The second-order valence-electron chi connectivity index (χ2n) is 7.33. The molecule has 1 aliphatic heterocycles. The Morgan fingerprint density at radius 3 is 2.71 bits per heavy atom. The Kier molecular flexibility index (Phi) is 6.49. The summed E-state index contributed by atoms with van der Waals surface area (Å²) in [5, 5.41) is 21.7. The predicted molar refractivity (Wildman–Crippen MR) is 129 cm³/mol. The number of allylic oxidation sites excluding steroid dienone is 1. The summed E-state index contributed by atoms with van der Waals surface area (Å²) >= 11 is 4.26. The van der Waals surface area contributed by atoms with Gasteiger partial charge >= 0.3 is 11.7 Å². The summed E-state index contributed by atoms with van der Waals surface area (Å²) in [7, 11) is 0. The average Bonchev–Trinajstić information content (AvgIpc) is 3.10. The first kappa shape index (κ1) is 23.6. The number of hydrogen-bond donors (Lipinski definition) is 1. The molecule has 34 heavy (non-hydrogen) atoms. The van der Waals surface area contributed by atoms with E-state index in [1.165, 1.54) is 22.8 Å². The topological polar surface area (TPSA) is 124 Å². The summed E-state index contributed by atoms with van der Waals surface area (Å²) in [4.78, 5) is 41.8. The van der Waals surface area contributed by atoms with E-state index >= 15 is 0 Å². The maximum absolute atomic E-state index is 13.5. The molecule has 1 aliphatic rings. The number of benzene rings is 2. The van der Waals surface area contributed by atoms with E-state index in [1.54, 1.807) is 13.8 Å². The SMILES string of the molecule is CCOC(=O)C1=C(C)N=c2s/c(=C/c3cc(Br)cc([N+](=O)[O-])c3O)c(=O)n2C1c1ccccc1. The predicted octanol–water partition coefficient (Wildman–Crippen LogP) is 3.17. The third-order valence-electron chi connectivity index (χ3n) is 5.20. The first-order valence-electron chi connectivity index (χ1n) is 10.1. The van der Waals surface area contributed by atoms with Crippen LogP contribution in [0.1, 0.15) is 31.0 Å². The van der Waals surface area contributed by atoms with Gasteiger partial charge in [-0.1, -0.05) is 57.6 Å². The molecule has 4 rings (SSSR count). The number of thiazole rings is 1. The molecule has 1 unspecified atom stereocenters. The van der Waals surface area contributed by atoms with Crippen LogP contribution in [0.3, 0.4) is 0 Å². The molecule has 0 amide bonds. The van der Waals surface area contributed by atoms with Crippen molar-refractivity contribution in [3.8, 4) is 5.75 Å². The zero-order valence-electron chi connectivity index (χ0n) is 18.0. The van der Waals surface area contributed by atoms with Gasteiger partial charge in [0.2, 0.25) is 5.75 Å². The second kappa shape index (κ2) is 9.35. The molecule has 0 aliphatic carbocycles. The van der Waals surface area contributed by atoms with Gasteiger partial charge in [-0.25, -0.2) is 9.79 Å². The van der Waals surface area contributed by atoms with Crippen molar-refractivity contribution < 1.29 is 19.6 Å². The minimum atomic E-state index is -0.760. The monoisotopic (exact) mass is 543 g/mol. The third-order valence-corrected chi connectivity index (χ3v) is 6.64. The van der Waals surface area contributed by atoms with Crippen molar-refractivity contribution in [2.24, 2.45) is 4.99 Å². The Bertz CT molecular complexity index is 1520. The maximum atomic E-state index is 13.5. The molecular weight excluding hydrogens is 526 g/mol. The highest BCUT2D eigenvalue weighted by Crippen LogP contribution is 2.34. The fourth-order valence-electron chi connectivity index (χ4n) is 3.74. The number of carbonyl (C=O) groups is 1. The van der Waals surface area contributed by atoms with E-state index in [0.717, 1.165) is 11.3 Å². The van der Waals surface area contributed by atoms with Crippen LogP contribution in [0.15, 0.2) is 68.0 Å². The molecule has 1 atom stereocenters. The summed E-state index contributed by atoms with van der Waals surface area (Å²) in [5.74, 6) is -1.12. The van der Waals surface area contributed by atoms with Crippen LogP contribution in [0, 0.1) is 10.1 Å². The van der Waals surface area contributed by atoms with Crippen LogP contribution >= 0.6 is 27.3 Å². The van der Waals surface area contributed by atoms with Crippen LogP contribution in [-0.2, 0) is 9.53 Å². The minimum absolute atomic E-state index is 0.101. The summed E-state index contributed by atoms with van der Waals surface area (Å²) < 4.78 is 7.23. The maximum Gasteiger partial charge on any atom is 0.338 e. The number of aromatic nitrogens is 1. The second-order valence-corrected chi connectivity index (χ2v) is 9.26. The zero-order valence-corrected chi connectivity index (χ0v) is 20.4. The molecule has 1 N–H and O–H groups in total. The van der Waals surface area contributed by atoms with Crippen LogP contribution in [0.5, 0.6) is 5.75 Å². The highest BCUT2D eigenvalue weighted by atomic mass is 79.9. The van der Waals surface area contributed by atoms with Gasteiger partial charge in [-0.05, 0) is 31.6 Å². The van der Waals surface area contributed by atoms with Crippen molar-refractivity contribution >= 4 is 45.0 Å². The molecule has 11 heteroatoms. The van der Waals surface area contributed by atoms with E-state index in [1.807, 2.05) is 30.3 Å². The van der Waals surface area contributed by atoms with Crippen molar-refractivity contribution in [3.05, 3.63) is 99.1 Å². The van der Waals surface area contributed by atoms with Crippen LogP contribution in [0.2, 0.25) is 0 Å². The van der Waals surface area contributed by atoms with Crippen LogP contribution in [0.4, 0.5) is 5.69 Å². The molecule has 0 saturated heterocycles. The number of fused-ring (bicyclic) bond motifs is 1. The molecule has 0 bridgehead atoms. The van der Waals surface area contributed by atoms with Crippen LogP contribution < -0.4 is 14.9 Å². The van der Waals surface area contributed by atoms with Gasteiger partial charge in [0.1, 0.15) is 0 Å². The van der Waals surface area contributed by atoms with Crippen molar-refractivity contribution in [3.63, 3.8) is 0 Å². The fourth-order valence-corrected chi connectivity index (χ4v) is 5.24. The Morgan fingerprint density at radius 2 is 2.06 bits per heavy atom. The lowest BCUT2D eigenvalue weighted by atomic mass is 9.96. The van der Waals surface area contributed by atoms with Gasteiger partial charge in [0.05, 0.1) is 33.4 Å². The molecule has 174 valence electrons. The standard InChI is InChI=1S/C23H18BrN3O6S/c1-3-33-22(30)18-12(2)25-23-26(19(18)13-7-5-4-6-8-13)21(29)17(34-23)10-14-9-15(24)11-16(20(14)28)27(31)32/h4-11,19,28H,3H2,1-2H3/b17-10+.